The van der Waals surface area contributed by atoms with Gasteiger partial charge in [0.05, 0.1) is 10.0 Å². The summed E-state index contributed by atoms with van der Waals surface area (Å²) in [6, 6.07) is 10.8. The van der Waals surface area contributed by atoms with E-state index in [9.17, 15) is 10.0 Å². The maximum absolute atomic E-state index is 9.25. The van der Waals surface area contributed by atoms with E-state index in [4.69, 9.17) is 11.6 Å². The number of pyridine rings is 1. The lowest BCUT2D eigenvalue weighted by Gasteiger charge is -2.07. The minimum absolute atomic E-state index is 0.527. The van der Waals surface area contributed by atoms with E-state index < -0.39 is 7.12 Å². The third-order valence-electron chi connectivity index (χ3n) is 2.41. The molecule has 2 aromatic rings. The van der Waals surface area contributed by atoms with Crippen LogP contribution in [0.2, 0.25) is 5.02 Å². The second-order valence-electron chi connectivity index (χ2n) is 3.68. The quantitative estimate of drug-likeness (QED) is 0.661. The second-order valence-corrected chi connectivity index (χ2v) is 5.11. The van der Waals surface area contributed by atoms with Crippen LogP contribution in [0.5, 0.6) is 0 Å². The van der Waals surface area contributed by atoms with E-state index in [-0.39, 0.29) is 0 Å². The van der Waals surface area contributed by atoms with Crippen LogP contribution in [0, 0.1) is 0 Å². The summed E-state index contributed by atoms with van der Waals surface area (Å²) < 4.78 is 0. The van der Waals surface area contributed by atoms with Crippen molar-refractivity contribution in [2.45, 2.75) is 10.8 Å². The lowest BCUT2D eigenvalue weighted by Crippen LogP contribution is -2.32. The minimum Gasteiger partial charge on any atom is -0.423 e. The summed E-state index contributed by atoms with van der Waals surface area (Å²) in [5.74, 6) is 0.627. The SMILES string of the molecule is OB(O)c1ccccc1CSc1ccc(Cl)cn1. The van der Waals surface area contributed by atoms with Gasteiger partial charge in [-0.15, -0.1) is 11.8 Å². The highest BCUT2D eigenvalue weighted by Crippen LogP contribution is 2.21. The Bertz CT molecular complexity index is 522. The molecule has 0 aliphatic rings. The predicted molar refractivity (Wildman–Crippen MR) is 75.1 cm³/mol. The van der Waals surface area contributed by atoms with Crippen LogP contribution in [-0.2, 0) is 5.75 Å². The van der Waals surface area contributed by atoms with Gasteiger partial charge in [0, 0.05) is 11.9 Å². The molecule has 0 amide bonds. The molecule has 1 aromatic carbocycles. The van der Waals surface area contributed by atoms with Crippen molar-refractivity contribution in [2.75, 3.05) is 0 Å². The summed E-state index contributed by atoms with van der Waals surface area (Å²) in [6.45, 7) is 0. The molecule has 1 aromatic heterocycles. The van der Waals surface area contributed by atoms with Crippen LogP contribution in [0.1, 0.15) is 5.56 Å². The van der Waals surface area contributed by atoms with E-state index in [1.54, 1.807) is 24.4 Å². The third-order valence-corrected chi connectivity index (χ3v) is 3.63. The Morgan fingerprint density at radius 1 is 1.17 bits per heavy atom. The number of hydrogen-bond donors (Lipinski definition) is 2. The van der Waals surface area contributed by atoms with Crippen molar-refractivity contribution in [2.24, 2.45) is 0 Å². The molecule has 0 bridgehead atoms. The smallest absolute Gasteiger partial charge is 0.423 e. The van der Waals surface area contributed by atoms with Crippen LogP contribution in [0.3, 0.4) is 0 Å². The molecule has 0 radical (unpaired) electrons. The first-order valence-electron chi connectivity index (χ1n) is 5.35. The zero-order valence-electron chi connectivity index (χ0n) is 9.45. The summed E-state index contributed by atoms with van der Waals surface area (Å²) in [5.41, 5.74) is 1.41. The van der Waals surface area contributed by atoms with Crippen molar-refractivity contribution in [1.29, 1.82) is 0 Å². The summed E-state index contributed by atoms with van der Waals surface area (Å²) >= 11 is 7.28. The van der Waals surface area contributed by atoms with Crippen molar-refractivity contribution in [3.8, 4) is 0 Å². The highest BCUT2D eigenvalue weighted by atomic mass is 35.5. The van der Waals surface area contributed by atoms with Gasteiger partial charge in [-0.25, -0.2) is 4.98 Å². The van der Waals surface area contributed by atoms with Crippen molar-refractivity contribution in [3.63, 3.8) is 0 Å². The first kappa shape index (κ1) is 13.4. The monoisotopic (exact) mass is 279 g/mol. The first-order chi connectivity index (χ1) is 8.66. The van der Waals surface area contributed by atoms with Crippen LogP contribution in [0.15, 0.2) is 47.6 Å². The number of hydrogen-bond acceptors (Lipinski definition) is 4. The molecule has 0 spiro atoms. The van der Waals surface area contributed by atoms with E-state index in [0.29, 0.717) is 16.2 Å². The first-order valence-corrected chi connectivity index (χ1v) is 6.71. The summed E-state index contributed by atoms with van der Waals surface area (Å²) in [7, 11) is -1.44. The van der Waals surface area contributed by atoms with E-state index in [1.807, 2.05) is 18.2 Å². The molecule has 0 fully saturated rings. The average molecular weight is 280 g/mol. The predicted octanol–water partition coefficient (Wildman–Crippen LogP) is 1.71. The molecule has 2 rings (SSSR count). The van der Waals surface area contributed by atoms with Gasteiger partial charge in [-0.3, -0.25) is 0 Å². The van der Waals surface area contributed by atoms with E-state index >= 15 is 0 Å². The van der Waals surface area contributed by atoms with Gasteiger partial charge in [0.15, 0.2) is 0 Å². The topological polar surface area (TPSA) is 53.4 Å². The fourth-order valence-corrected chi connectivity index (χ4v) is 2.49. The largest absolute Gasteiger partial charge is 0.488 e. The van der Waals surface area contributed by atoms with E-state index in [0.717, 1.165) is 10.6 Å². The second kappa shape index (κ2) is 6.25. The van der Waals surface area contributed by atoms with Crippen LogP contribution in [-0.4, -0.2) is 22.2 Å². The zero-order valence-corrected chi connectivity index (χ0v) is 11.0. The molecule has 0 saturated heterocycles. The Morgan fingerprint density at radius 3 is 2.61 bits per heavy atom. The maximum atomic E-state index is 9.25. The summed E-state index contributed by atoms with van der Waals surface area (Å²) in [5, 5.41) is 20.0. The lowest BCUT2D eigenvalue weighted by atomic mass is 9.77. The molecule has 3 nitrogen and oxygen atoms in total. The zero-order chi connectivity index (χ0) is 13.0. The van der Waals surface area contributed by atoms with Crippen LogP contribution in [0.4, 0.5) is 0 Å². The maximum Gasteiger partial charge on any atom is 0.488 e. The summed E-state index contributed by atoms with van der Waals surface area (Å²) in [6.07, 6.45) is 1.59. The standard InChI is InChI=1S/C12H11BClNO2S/c14-10-5-6-12(15-7-10)18-8-9-3-1-2-4-11(9)13(16)17/h1-7,16-17H,8H2. The number of aromatic nitrogens is 1. The van der Waals surface area contributed by atoms with Crippen LogP contribution < -0.4 is 5.46 Å². The van der Waals surface area contributed by atoms with Crippen molar-refractivity contribution >= 4 is 35.9 Å². The van der Waals surface area contributed by atoms with Crippen molar-refractivity contribution < 1.29 is 10.0 Å². The Balaban J connectivity index is 2.08. The third kappa shape index (κ3) is 3.49. The highest BCUT2D eigenvalue weighted by molar-refractivity contribution is 7.98. The van der Waals surface area contributed by atoms with Gasteiger partial charge in [-0.2, -0.15) is 0 Å². The molecular weight excluding hydrogens is 268 g/mol. The Morgan fingerprint density at radius 2 is 1.94 bits per heavy atom. The molecule has 92 valence electrons. The molecule has 18 heavy (non-hydrogen) atoms. The molecule has 0 aliphatic heterocycles. The van der Waals surface area contributed by atoms with E-state index in [1.165, 1.54) is 11.8 Å². The molecule has 0 saturated carbocycles. The Kier molecular flexibility index (Phi) is 4.66. The van der Waals surface area contributed by atoms with E-state index in [2.05, 4.69) is 4.98 Å². The fourth-order valence-electron chi connectivity index (χ4n) is 1.52. The van der Waals surface area contributed by atoms with Gasteiger partial charge in [-0.05, 0) is 23.2 Å². The highest BCUT2D eigenvalue weighted by Gasteiger charge is 2.15. The van der Waals surface area contributed by atoms with Gasteiger partial charge in [-0.1, -0.05) is 35.9 Å². The number of thioether (sulfide) groups is 1. The fraction of sp³-hybridized carbons (Fsp3) is 0.0833. The average Bonchev–Trinajstić information content (AvgIpc) is 2.38. The molecule has 0 aliphatic carbocycles. The number of halogens is 1. The van der Waals surface area contributed by atoms with Gasteiger partial charge < -0.3 is 10.0 Å². The van der Waals surface area contributed by atoms with Crippen LogP contribution >= 0.6 is 23.4 Å². The van der Waals surface area contributed by atoms with Gasteiger partial charge in [0.25, 0.3) is 0 Å². The van der Waals surface area contributed by atoms with Crippen LogP contribution in [0.25, 0.3) is 0 Å². The molecule has 0 atom stereocenters. The summed E-state index contributed by atoms with van der Waals surface area (Å²) in [4.78, 5) is 4.17. The van der Waals surface area contributed by atoms with Gasteiger partial charge in [0.2, 0.25) is 0 Å². The molecule has 6 heteroatoms. The van der Waals surface area contributed by atoms with Gasteiger partial charge >= 0.3 is 7.12 Å². The minimum atomic E-state index is -1.44. The Labute approximate surface area is 115 Å². The normalized spacial score (nSPS) is 10.4. The lowest BCUT2D eigenvalue weighted by molar-refractivity contribution is 0.425. The van der Waals surface area contributed by atoms with Crippen molar-refractivity contribution in [1.82, 2.24) is 4.98 Å². The number of benzene rings is 1. The number of nitrogens with zero attached hydrogens (tertiary/aromatic N) is 1. The number of rotatable bonds is 4. The molecule has 2 N–H and O–H groups in total. The van der Waals surface area contributed by atoms with Crippen molar-refractivity contribution in [3.05, 3.63) is 53.2 Å². The molecule has 1 heterocycles. The van der Waals surface area contributed by atoms with Gasteiger partial charge in [0.1, 0.15) is 0 Å². The molecule has 0 unspecified atom stereocenters. The molecular formula is C12H11BClNO2S. The Hall–Kier alpha value is -1.01.